The summed E-state index contributed by atoms with van der Waals surface area (Å²) in [7, 11) is -4.92. The summed E-state index contributed by atoms with van der Waals surface area (Å²) in [6, 6.07) is 0. The molecule has 1 atom stereocenters. The number of aliphatic hydroxyl groups is 2. The molecule has 0 rings (SSSR count). The first kappa shape index (κ1) is 42.0. The van der Waals surface area contributed by atoms with Gasteiger partial charge in [-0.25, -0.2) is 13.2 Å². The minimum atomic E-state index is -4.92. The number of carboxylic acid groups (broad SMARTS) is 3. The molecule has 0 spiro atoms. The summed E-state index contributed by atoms with van der Waals surface area (Å²) < 4.78 is 32.8. The molecule has 0 fully saturated rings. The molecule has 27 heavy (non-hydrogen) atoms. The van der Waals surface area contributed by atoms with Gasteiger partial charge in [-0.05, 0) is 6.42 Å². The molecular weight excluding hydrogens is 461 g/mol. The maximum Gasteiger partial charge on any atom is 1.00 e. The second-order valence-electron chi connectivity index (χ2n) is 4.13. The van der Waals surface area contributed by atoms with Crippen LogP contribution in [0.25, 0.3) is 0 Å². The molecule has 0 radical (unpaired) electrons. The monoisotopic (exact) mass is 478 g/mol. The number of alkyl halides is 1. The Kier molecular flexibility index (Phi) is 33.4. The molecule has 0 bridgehead atoms. The summed E-state index contributed by atoms with van der Waals surface area (Å²) in [5.74, 6) is -5.02. The molecule has 0 amide bonds. The number of aliphatic hydroxyl groups excluding tert-OH is 1. The van der Waals surface area contributed by atoms with Gasteiger partial charge in [0, 0.05) is 0 Å². The van der Waals surface area contributed by atoms with Gasteiger partial charge in [-0.3, -0.25) is 14.1 Å². The van der Waals surface area contributed by atoms with Gasteiger partial charge in [0.1, 0.15) is 5.56 Å². The molecule has 0 aromatic rings. The van der Waals surface area contributed by atoms with Crippen molar-refractivity contribution in [3.8, 4) is 0 Å². The van der Waals surface area contributed by atoms with Crippen molar-refractivity contribution in [2.24, 2.45) is 0 Å². The molecule has 0 saturated heterocycles. The van der Waals surface area contributed by atoms with Crippen molar-refractivity contribution in [3.63, 3.8) is 0 Å². The van der Waals surface area contributed by atoms with Gasteiger partial charge in [-0.1, -0.05) is 24.9 Å². The van der Waals surface area contributed by atoms with Crippen LogP contribution in [-0.2, 0) is 24.8 Å². The SMILES string of the molecule is CCCC(O)Cl.O=C(O)CC(O)(CC(=O)O)C(=O)O.O=S(=O)([O-])O.[Cl-].[Na+].[Na+]. The van der Waals surface area contributed by atoms with E-state index in [1.54, 1.807) is 0 Å². The first-order valence-electron chi connectivity index (χ1n) is 5.95. The van der Waals surface area contributed by atoms with E-state index < -0.39 is 52.3 Å². The van der Waals surface area contributed by atoms with E-state index >= 15 is 0 Å². The molecule has 0 aliphatic carbocycles. The fourth-order valence-electron chi connectivity index (χ4n) is 0.952. The Morgan fingerprint density at radius 1 is 1.07 bits per heavy atom. The molecule has 17 heteroatoms. The molecule has 0 aliphatic heterocycles. The van der Waals surface area contributed by atoms with Gasteiger partial charge < -0.3 is 42.5 Å². The van der Waals surface area contributed by atoms with Gasteiger partial charge in [0.15, 0.2) is 5.60 Å². The van der Waals surface area contributed by atoms with Gasteiger partial charge in [-0.15, -0.1) is 0 Å². The van der Waals surface area contributed by atoms with Gasteiger partial charge in [-0.2, -0.15) is 0 Å². The predicted molar refractivity (Wildman–Crippen MR) is 76.2 cm³/mol. The van der Waals surface area contributed by atoms with E-state index in [4.69, 9.17) is 54.7 Å². The van der Waals surface area contributed by atoms with Crippen molar-refractivity contribution in [2.75, 3.05) is 0 Å². The smallest absolute Gasteiger partial charge is 1.00 e. The molecule has 6 N–H and O–H groups in total. The van der Waals surface area contributed by atoms with Crippen LogP contribution in [0.1, 0.15) is 32.6 Å². The summed E-state index contributed by atoms with van der Waals surface area (Å²) in [5.41, 5.74) is -3.37. The third-order valence-corrected chi connectivity index (χ3v) is 2.03. The minimum absolute atomic E-state index is 0. The summed E-state index contributed by atoms with van der Waals surface area (Å²) in [4.78, 5) is 30.5. The van der Waals surface area contributed by atoms with Crippen molar-refractivity contribution < 1.29 is 129 Å². The number of carboxylic acids is 3. The number of hydrogen-bond acceptors (Lipinski definition) is 8. The van der Waals surface area contributed by atoms with E-state index in [1.807, 2.05) is 6.92 Å². The Hall–Kier alpha value is 0.780. The fraction of sp³-hybridized carbons (Fsp3) is 0.700. The van der Waals surface area contributed by atoms with Crippen molar-refractivity contribution in [1.82, 2.24) is 0 Å². The second-order valence-corrected chi connectivity index (χ2v) is 5.49. The fourth-order valence-corrected chi connectivity index (χ4v) is 1.17. The predicted octanol–water partition coefficient (Wildman–Crippen LogP) is -9.89. The van der Waals surface area contributed by atoms with Crippen LogP contribution in [0.4, 0.5) is 0 Å². The van der Waals surface area contributed by atoms with Crippen molar-refractivity contribution >= 4 is 39.9 Å². The summed E-state index contributed by atoms with van der Waals surface area (Å²) in [6.45, 7) is 1.98. The molecule has 0 aromatic heterocycles. The summed E-state index contributed by atoms with van der Waals surface area (Å²) in [5, 5.41) is 42.1. The summed E-state index contributed by atoms with van der Waals surface area (Å²) in [6.07, 6.45) is -0.643. The molecule has 0 aromatic carbocycles. The first-order chi connectivity index (χ1) is 10.5. The third-order valence-electron chi connectivity index (χ3n) is 1.81. The average Bonchev–Trinajstić information content (AvgIpc) is 2.24. The standard InChI is InChI=1S/C6H8O7.C4H9ClO.ClH.2Na.H2O4S/c7-3(8)1-6(13,5(11)12)2-4(9)10;1-2-3-4(5)6;;;;1-5(2,3)4/h13H,1-2H2,(H,7,8)(H,9,10)(H,11,12);4,6H,2-3H2,1H3;1H;;;(H2,1,2,3,4)/q;;;2*+1;/p-2. The first-order valence-corrected chi connectivity index (χ1v) is 7.75. The summed E-state index contributed by atoms with van der Waals surface area (Å²) >= 11 is 5.13. The molecule has 1 unspecified atom stereocenters. The van der Waals surface area contributed by atoms with Crippen LogP contribution < -0.4 is 71.5 Å². The zero-order chi connectivity index (χ0) is 20.1. The van der Waals surface area contributed by atoms with E-state index in [1.165, 1.54) is 0 Å². The van der Waals surface area contributed by atoms with Crippen molar-refractivity contribution in [1.29, 1.82) is 0 Å². The Bertz CT molecular complexity index is 490. The normalized spacial score (nSPS) is 10.6. The number of carbonyl (C=O) groups is 3. The van der Waals surface area contributed by atoms with Gasteiger partial charge in [0.05, 0.1) is 12.8 Å². The van der Waals surface area contributed by atoms with Crippen LogP contribution in [-0.4, -0.2) is 72.1 Å². The maximum absolute atomic E-state index is 10.3. The molecule has 0 saturated carbocycles. The number of rotatable bonds is 7. The Labute approximate surface area is 210 Å². The zero-order valence-electron chi connectivity index (χ0n) is 14.7. The van der Waals surface area contributed by atoms with Crippen molar-refractivity contribution in [3.05, 3.63) is 0 Å². The van der Waals surface area contributed by atoms with Gasteiger partial charge in [0.2, 0.25) is 10.4 Å². The van der Waals surface area contributed by atoms with E-state index in [2.05, 4.69) is 0 Å². The number of aliphatic carboxylic acids is 3. The largest absolute Gasteiger partial charge is 1.00 e. The van der Waals surface area contributed by atoms with Crippen LogP contribution in [0.15, 0.2) is 0 Å². The zero-order valence-corrected chi connectivity index (χ0v) is 21.0. The molecule has 0 aliphatic rings. The second kappa shape index (κ2) is 21.5. The molecule has 152 valence electrons. The molecular formula is C10H18Cl2Na2O12S. The van der Waals surface area contributed by atoms with Crippen LogP contribution in [0.2, 0.25) is 0 Å². The van der Waals surface area contributed by atoms with Crippen LogP contribution in [0.3, 0.4) is 0 Å². The Morgan fingerprint density at radius 3 is 1.41 bits per heavy atom. The number of hydrogen-bond donors (Lipinski definition) is 6. The number of halogens is 2. The Morgan fingerprint density at radius 2 is 1.33 bits per heavy atom. The minimum Gasteiger partial charge on any atom is -1.00 e. The van der Waals surface area contributed by atoms with E-state index in [0.29, 0.717) is 6.42 Å². The third kappa shape index (κ3) is 42.0. The van der Waals surface area contributed by atoms with Crippen molar-refractivity contribution in [2.45, 2.75) is 43.8 Å². The average molecular weight is 479 g/mol. The molecule has 12 nitrogen and oxygen atoms in total. The van der Waals surface area contributed by atoms with E-state index in [9.17, 15) is 14.4 Å². The van der Waals surface area contributed by atoms with E-state index in [0.717, 1.165) is 6.42 Å². The van der Waals surface area contributed by atoms with Gasteiger partial charge in [0.25, 0.3) is 0 Å². The van der Waals surface area contributed by atoms with Crippen LogP contribution >= 0.6 is 11.6 Å². The quantitative estimate of drug-likeness (QED) is 0.0865. The topological polar surface area (TPSA) is 230 Å². The van der Waals surface area contributed by atoms with E-state index in [-0.39, 0.29) is 71.5 Å². The maximum atomic E-state index is 10.3. The van der Waals surface area contributed by atoms with Crippen LogP contribution in [0, 0.1) is 0 Å². The van der Waals surface area contributed by atoms with Gasteiger partial charge >= 0.3 is 77.0 Å². The van der Waals surface area contributed by atoms with Crippen LogP contribution in [0.5, 0.6) is 0 Å². The Balaban J connectivity index is -0.0000000670. The molecule has 0 heterocycles.